The Morgan fingerprint density at radius 1 is 1.50 bits per heavy atom. The molecule has 0 radical (unpaired) electrons. The molecule has 0 aromatic heterocycles. The summed E-state index contributed by atoms with van der Waals surface area (Å²) in [7, 11) is 0. The van der Waals surface area contributed by atoms with Crippen LogP contribution in [0.1, 0.15) is 33.1 Å². The molecule has 14 heavy (non-hydrogen) atoms. The summed E-state index contributed by atoms with van der Waals surface area (Å²) < 4.78 is 0. The Labute approximate surface area is 85.5 Å². The Morgan fingerprint density at radius 2 is 2.14 bits per heavy atom. The molecule has 0 aliphatic carbocycles. The van der Waals surface area contributed by atoms with Crippen molar-refractivity contribution >= 4 is 5.91 Å². The van der Waals surface area contributed by atoms with Crippen LogP contribution in [0.5, 0.6) is 0 Å². The van der Waals surface area contributed by atoms with Crippen LogP contribution in [0.4, 0.5) is 0 Å². The molecule has 0 aromatic rings. The highest BCUT2D eigenvalue weighted by Gasteiger charge is 2.11. The monoisotopic (exact) mass is 203 g/mol. The molecule has 0 rings (SSSR count). The van der Waals surface area contributed by atoms with Crippen molar-refractivity contribution in [1.82, 2.24) is 4.90 Å². The standard InChI is InChI=1S/C10H21NO3/c1-3-11(7-4-8-12)10(14)6-5-9(2)13/h9,12-13H,3-8H2,1-2H3. The second-order valence-electron chi connectivity index (χ2n) is 3.44. The van der Waals surface area contributed by atoms with Crippen LogP contribution < -0.4 is 0 Å². The lowest BCUT2D eigenvalue weighted by molar-refractivity contribution is -0.131. The summed E-state index contributed by atoms with van der Waals surface area (Å²) in [5.74, 6) is 0.0573. The van der Waals surface area contributed by atoms with Crippen LogP contribution in [0, 0.1) is 0 Å². The maximum atomic E-state index is 11.5. The van der Waals surface area contributed by atoms with Crippen molar-refractivity contribution in [3.8, 4) is 0 Å². The van der Waals surface area contributed by atoms with E-state index >= 15 is 0 Å². The Morgan fingerprint density at radius 3 is 2.57 bits per heavy atom. The molecule has 0 heterocycles. The van der Waals surface area contributed by atoms with E-state index in [1.165, 1.54) is 0 Å². The third-order valence-corrected chi connectivity index (χ3v) is 2.10. The van der Waals surface area contributed by atoms with E-state index in [2.05, 4.69) is 0 Å². The average molecular weight is 203 g/mol. The summed E-state index contributed by atoms with van der Waals surface area (Å²) in [5.41, 5.74) is 0. The van der Waals surface area contributed by atoms with Gasteiger partial charge in [0.2, 0.25) is 5.91 Å². The van der Waals surface area contributed by atoms with Gasteiger partial charge in [-0.05, 0) is 26.7 Å². The lowest BCUT2D eigenvalue weighted by atomic mass is 10.2. The lowest BCUT2D eigenvalue weighted by Crippen LogP contribution is -2.32. The first-order valence-electron chi connectivity index (χ1n) is 5.18. The predicted molar refractivity (Wildman–Crippen MR) is 54.9 cm³/mol. The SMILES string of the molecule is CCN(CCCO)C(=O)CCC(C)O. The zero-order valence-electron chi connectivity index (χ0n) is 9.07. The second-order valence-corrected chi connectivity index (χ2v) is 3.44. The number of aliphatic hydroxyl groups excluding tert-OH is 2. The molecule has 4 nitrogen and oxygen atoms in total. The summed E-state index contributed by atoms with van der Waals surface area (Å²) in [6, 6.07) is 0. The van der Waals surface area contributed by atoms with Gasteiger partial charge in [0.25, 0.3) is 0 Å². The Kier molecular flexibility index (Phi) is 7.42. The molecule has 0 fully saturated rings. The molecule has 0 saturated carbocycles. The van der Waals surface area contributed by atoms with Crippen molar-refractivity contribution in [2.75, 3.05) is 19.7 Å². The molecule has 0 saturated heterocycles. The van der Waals surface area contributed by atoms with Gasteiger partial charge in [-0.1, -0.05) is 0 Å². The van der Waals surface area contributed by atoms with Crippen LogP contribution in [-0.2, 0) is 4.79 Å². The van der Waals surface area contributed by atoms with Crippen LogP contribution >= 0.6 is 0 Å². The fraction of sp³-hybridized carbons (Fsp3) is 0.900. The van der Waals surface area contributed by atoms with Crippen molar-refractivity contribution in [2.24, 2.45) is 0 Å². The highest BCUT2D eigenvalue weighted by Crippen LogP contribution is 2.02. The second kappa shape index (κ2) is 7.76. The van der Waals surface area contributed by atoms with Crippen molar-refractivity contribution < 1.29 is 15.0 Å². The van der Waals surface area contributed by atoms with Gasteiger partial charge in [0, 0.05) is 26.1 Å². The van der Waals surface area contributed by atoms with Crippen molar-refractivity contribution in [2.45, 2.75) is 39.2 Å². The number of hydrogen-bond acceptors (Lipinski definition) is 3. The van der Waals surface area contributed by atoms with Crippen LogP contribution in [-0.4, -0.2) is 46.8 Å². The van der Waals surface area contributed by atoms with E-state index in [-0.39, 0.29) is 12.5 Å². The number of nitrogens with zero attached hydrogens (tertiary/aromatic N) is 1. The van der Waals surface area contributed by atoms with Gasteiger partial charge in [0.15, 0.2) is 0 Å². The molecular formula is C10H21NO3. The van der Waals surface area contributed by atoms with Gasteiger partial charge in [-0.3, -0.25) is 4.79 Å². The normalized spacial score (nSPS) is 12.6. The third kappa shape index (κ3) is 5.94. The quantitative estimate of drug-likeness (QED) is 0.629. The maximum Gasteiger partial charge on any atom is 0.222 e. The molecule has 0 bridgehead atoms. The summed E-state index contributed by atoms with van der Waals surface area (Å²) in [5, 5.41) is 17.7. The number of rotatable bonds is 7. The number of carbonyl (C=O) groups is 1. The van der Waals surface area contributed by atoms with E-state index in [0.29, 0.717) is 32.4 Å². The minimum atomic E-state index is -0.421. The number of hydrogen-bond donors (Lipinski definition) is 2. The van der Waals surface area contributed by atoms with E-state index in [4.69, 9.17) is 10.2 Å². The van der Waals surface area contributed by atoms with E-state index in [1.807, 2.05) is 6.92 Å². The Bertz CT molecular complexity index is 159. The predicted octanol–water partition coefficient (Wildman–Crippen LogP) is 0.378. The summed E-state index contributed by atoms with van der Waals surface area (Å²) in [6.07, 6.45) is 1.09. The Hall–Kier alpha value is -0.610. The van der Waals surface area contributed by atoms with Gasteiger partial charge < -0.3 is 15.1 Å². The number of amides is 1. The number of aliphatic hydroxyl groups is 2. The molecule has 1 amide bonds. The molecule has 84 valence electrons. The highest BCUT2D eigenvalue weighted by atomic mass is 16.3. The van der Waals surface area contributed by atoms with Gasteiger partial charge >= 0.3 is 0 Å². The molecule has 2 N–H and O–H groups in total. The summed E-state index contributed by atoms with van der Waals surface area (Å²) >= 11 is 0. The number of carbonyl (C=O) groups excluding carboxylic acids is 1. The highest BCUT2D eigenvalue weighted by molar-refractivity contribution is 5.76. The fourth-order valence-corrected chi connectivity index (χ4v) is 1.21. The molecule has 1 unspecified atom stereocenters. The third-order valence-electron chi connectivity index (χ3n) is 2.10. The smallest absolute Gasteiger partial charge is 0.222 e. The molecule has 0 spiro atoms. The van der Waals surface area contributed by atoms with Crippen LogP contribution in [0.2, 0.25) is 0 Å². The van der Waals surface area contributed by atoms with Gasteiger partial charge in [-0.15, -0.1) is 0 Å². The van der Waals surface area contributed by atoms with Crippen LogP contribution in [0.15, 0.2) is 0 Å². The van der Waals surface area contributed by atoms with E-state index < -0.39 is 6.10 Å². The van der Waals surface area contributed by atoms with Gasteiger partial charge in [0.1, 0.15) is 0 Å². The van der Waals surface area contributed by atoms with E-state index in [1.54, 1.807) is 11.8 Å². The molecule has 0 aliphatic heterocycles. The zero-order chi connectivity index (χ0) is 11.0. The largest absolute Gasteiger partial charge is 0.396 e. The topological polar surface area (TPSA) is 60.8 Å². The van der Waals surface area contributed by atoms with Crippen LogP contribution in [0.25, 0.3) is 0 Å². The van der Waals surface area contributed by atoms with E-state index in [0.717, 1.165) is 0 Å². The fourth-order valence-electron chi connectivity index (χ4n) is 1.21. The molecule has 4 heteroatoms. The summed E-state index contributed by atoms with van der Waals surface area (Å²) in [6.45, 7) is 4.97. The molecule has 1 atom stereocenters. The van der Waals surface area contributed by atoms with Crippen LogP contribution in [0.3, 0.4) is 0 Å². The first-order valence-corrected chi connectivity index (χ1v) is 5.18. The van der Waals surface area contributed by atoms with E-state index in [9.17, 15) is 4.79 Å². The van der Waals surface area contributed by atoms with Crippen molar-refractivity contribution in [3.63, 3.8) is 0 Å². The molecular weight excluding hydrogens is 182 g/mol. The van der Waals surface area contributed by atoms with Gasteiger partial charge in [-0.2, -0.15) is 0 Å². The zero-order valence-corrected chi connectivity index (χ0v) is 9.07. The van der Waals surface area contributed by atoms with Gasteiger partial charge in [0.05, 0.1) is 6.10 Å². The molecule has 0 aliphatic rings. The summed E-state index contributed by atoms with van der Waals surface area (Å²) in [4.78, 5) is 13.2. The van der Waals surface area contributed by atoms with Crippen molar-refractivity contribution in [3.05, 3.63) is 0 Å². The first-order chi connectivity index (χ1) is 6.61. The average Bonchev–Trinajstić information content (AvgIpc) is 2.16. The minimum absolute atomic E-state index is 0.0573. The first kappa shape index (κ1) is 13.4. The molecule has 0 aromatic carbocycles. The lowest BCUT2D eigenvalue weighted by Gasteiger charge is -2.20. The van der Waals surface area contributed by atoms with Crippen molar-refractivity contribution in [1.29, 1.82) is 0 Å². The maximum absolute atomic E-state index is 11.5. The van der Waals surface area contributed by atoms with Gasteiger partial charge in [-0.25, -0.2) is 0 Å². The minimum Gasteiger partial charge on any atom is -0.396 e. The Balaban J connectivity index is 3.79.